The standard InChI is InChI=1S/C24H30N2/c1-2-7-19(8-3-1)17-23-22-18-21(25-13-4-5-14-25)11-9-20(22)10-12-24(23)26-15-6-16-26/h1-3,7-9,11,18,23-24H,4-6,10,12-17H2/t23-,24+/m1/s1. The van der Waals surface area contributed by atoms with Crippen molar-refractivity contribution in [1.29, 1.82) is 0 Å². The molecule has 0 aromatic heterocycles. The Balaban J connectivity index is 1.50. The average molecular weight is 347 g/mol. The molecule has 2 saturated heterocycles. The Morgan fingerprint density at radius 1 is 0.846 bits per heavy atom. The fourth-order valence-corrected chi connectivity index (χ4v) is 5.26. The highest BCUT2D eigenvalue weighted by atomic mass is 15.2. The van der Waals surface area contributed by atoms with Crippen molar-refractivity contribution in [2.75, 3.05) is 31.1 Å². The number of hydrogen-bond donors (Lipinski definition) is 0. The van der Waals surface area contributed by atoms with Gasteiger partial charge in [0, 0.05) is 30.7 Å². The molecule has 0 unspecified atom stereocenters. The van der Waals surface area contributed by atoms with E-state index in [4.69, 9.17) is 0 Å². The first-order valence-electron chi connectivity index (χ1n) is 10.5. The normalized spacial score (nSPS) is 25.8. The SMILES string of the molecule is c1ccc(C[C@@H]2c3cc(N4CCCC4)ccc3CC[C@@H]2N2CCC2)cc1. The molecule has 0 radical (unpaired) electrons. The van der Waals surface area contributed by atoms with E-state index in [1.807, 2.05) is 0 Å². The summed E-state index contributed by atoms with van der Waals surface area (Å²) in [5.41, 5.74) is 6.19. The van der Waals surface area contributed by atoms with Crippen LogP contribution in [0.25, 0.3) is 0 Å². The molecule has 2 fully saturated rings. The zero-order valence-corrected chi connectivity index (χ0v) is 15.7. The molecule has 2 nitrogen and oxygen atoms in total. The van der Waals surface area contributed by atoms with Crippen molar-refractivity contribution in [2.45, 2.75) is 50.5 Å². The minimum Gasteiger partial charge on any atom is -0.372 e. The minimum absolute atomic E-state index is 0.643. The molecule has 2 atom stereocenters. The predicted molar refractivity (Wildman–Crippen MR) is 109 cm³/mol. The number of nitrogens with zero attached hydrogens (tertiary/aromatic N) is 2. The van der Waals surface area contributed by atoms with Crippen molar-refractivity contribution < 1.29 is 0 Å². The Bertz CT molecular complexity index is 744. The van der Waals surface area contributed by atoms with Gasteiger partial charge in [0.05, 0.1) is 0 Å². The summed E-state index contributed by atoms with van der Waals surface area (Å²) in [6.07, 6.45) is 7.84. The van der Waals surface area contributed by atoms with Crippen LogP contribution in [0.5, 0.6) is 0 Å². The molecule has 2 aliphatic heterocycles. The van der Waals surface area contributed by atoms with E-state index in [-0.39, 0.29) is 0 Å². The molecule has 2 aromatic rings. The molecular weight excluding hydrogens is 316 g/mol. The summed E-state index contributed by atoms with van der Waals surface area (Å²) in [6.45, 7) is 5.07. The molecule has 0 amide bonds. The van der Waals surface area contributed by atoms with Crippen molar-refractivity contribution in [2.24, 2.45) is 0 Å². The highest BCUT2D eigenvalue weighted by Crippen LogP contribution is 2.40. The van der Waals surface area contributed by atoms with Crippen LogP contribution >= 0.6 is 0 Å². The summed E-state index contributed by atoms with van der Waals surface area (Å²) in [5.74, 6) is 0.643. The van der Waals surface area contributed by atoms with Crippen LogP contribution in [0.15, 0.2) is 48.5 Å². The highest BCUT2D eigenvalue weighted by molar-refractivity contribution is 5.54. The van der Waals surface area contributed by atoms with E-state index >= 15 is 0 Å². The van der Waals surface area contributed by atoms with Gasteiger partial charge in [-0.25, -0.2) is 0 Å². The predicted octanol–water partition coefficient (Wildman–Crippen LogP) is 4.63. The lowest BCUT2D eigenvalue weighted by Gasteiger charge is -2.45. The van der Waals surface area contributed by atoms with Gasteiger partial charge < -0.3 is 4.90 Å². The van der Waals surface area contributed by atoms with Crippen molar-refractivity contribution >= 4 is 5.69 Å². The number of likely N-dealkylation sites (tertiary alicyclic amines) is 1. The summed E-state index contributed by atoms with van der Waals surface area (Å²) < 4.78 is 0. The molecule has 3 aliphatic rings. The maximum absolute atomic E-state index is 2.75. The van der Waals surface area contributed by atoms with Crippen LogP contribution in [0.3, 0.4) is 0 Å². The van der Waals surface area contributed by atoms with Crippen molar-refractivity contribution in [1.82, 2.24) is 4.90 Å². The number of aryl methyl sites for hydroxylation is 1. The molecule has 0 spiro atoms. The van der Waals surface area contributed by atoms with Gasteiger partial charge in [0.1, 0.15) is 0 Å². The zero-order chi connectivity index (χ0) is 17.3. The summed E-state index contributed by atoms with van der Waals surface area (Å²) in [7, 11) is 0. The Morgan fingerprint density at radius 2 is 1.65 bits per heavy atom. The van der Waals surface area contributed by atoms with Gasteiger partial charge in [-0.3, -0.25) is 4.90 Å². The van der Waals surface area contributed by atoms with Crippen molar-refractivity contribution in [3.8, 4) is 0 Å². The third-order valence-electron chi connectivity index (χ3n) is 6.83. The molecule has 2 aromatic carbocycles. The van der Waals surface area contributed by atoms with E-state index < -0.39 is 0 Å². The lowest BCUT2D eigenvalue weighted by Crippen LogP contribution is -2.49. The molecular formula is C24H30N2. The first-order valence-corrected chi connectivity index (χ1v) is 10.5. The second-order valence-electron chi connectivity index (χ2n) is 8.37. The van der Waals surface area contributed by atoms with Crippen LogP contribution in [0.2, 0.25) is 0 Å². The van der Waals surface area contributed by atoms with E-state index in [2.05, 4.69) is 58.3 Å². The van der Waals surface area contributed by atoms with Gasteiger partial charge in [-0.1, -0.05) is 36.4 Å². The maximum Gasteiger partial charge on any atom is 0.0369 e. The van der Waals surface area contributed by atoms with Crippen LogP contribution in [-0.2, 0) is 12.8 Å². The van der Waals surface area contributed by atoms with E-state index in [0.717, 1.165) is 6.04 Å². The lowest BCUT2D eigenvalue weighted by molar-refractivity contribution is 0.0877. The molecule has 0 bridgehead atoms. The highest BCUT2D eigenvalue weighted by Gasteiger charge is 2.36. The van der Waals surface area contributed by atoms with Gasteiger partial charge in [-0.15, -0.1) is 0 Å². The largest absolute Gasteiger partial charge is 0.372 e. The first kappa shape index (κ1) is 16.4. The van der Waals surface area contributed by atoms with Crippen LogP contribution in [0, 0.1) is 0 Å². The average Bonchev–Trinajstić information content (AvgIpc) is 3.17. The van der Waals surface area contributed by atoms with Crippen molar-refractivity contribution in [3.63, 3.8) is 0 Å². The van der Waals surface area contributed by atoms with E-state index in [0.29, 0.717) is 5.92 Å². The summed E-state index contributed by atoms with van der Waals surface area (Å²) >= 11 is 0. The number of fused-ring (bicyclic) bond motifs is 1. The molecule has 2 heterocycles. The summed E-state index contributed by atoms with van der Waals surface area (Å²) in [5, 5.41) is 0. The zero-order valence-electron chi connectivity index (χ0n) is 15.7. The van der Waals surface area contributed by atoms with Crippen LogP contribution in [0.1, 0.15) is 48.3 Å². The second-order valence-corrected chi connectivity index (χ2v) is 8.37. The van der Waals surface area contributed by atoms with Crippen molar-refractivity contribution in [3.05, 3.63) is 65.2 Å². The summed E-state index contributed by atoms with van der Waals surface area (Å²) in [4.78, 5) is 5.34. The first-order chi connectivity index (χ1) is 12.9. The molecule has 0 N–H and O–H groups in total. The third kappa shape index (κ3) is 3.05. The quantitative estimate of drug-likeness (QED) is 0.796. The van der Waals surface area contributed by atoms with Gasteiger partial charge in [-0.05, 0) is 80.4 Å². The lowest BCUT2D eigenvalue weighted by atomic mass is 9.74. The van der Waals surface area contributed by atoms with Crippen LogP contribution in [0.4, 0.5) is 5.69 Å². The number of rotatable bonds is 4. The number of benzene rings is 2. The maximum atomic E-state index is 2.75. The molecule has 2 heteroatoms. The molecule has 1 aliphatic carbocycles. The monoisotopic (exact) mass is 346 g/mol. The number of anilines is 1. The topological polar surface area (TPSA) is 6.48 Å². The van der Waals surface area contributed by atoms with Gasteiger partial charge in [0.15, 0.2) is 0 Å². The van der Waals surface area contributed by atoms with Crippen LogP contribution < -0.4 is 4.90 Å². The molecule has 0 saturated carbocycles. The van der Waals surface area contributed by atoms with Crippen LogP contribution in [-0.4, -0.2) is 37.1 Å². The molecule has 5 rings (SSSR count). The van der Waals surface area contributed by atoms with E-state index in [9.17, 15) is 0 Å². The second kappa shape index (κ2) is 7.08. The summed E-state index contributed by atoms with van der Waals surface area (Å²) in [6, 6.07) is 19.2. The number of hydrogen-bond acceptors (Lipinski definition) is 2. The Morgan fingerprint density at radius 3 is 2.38 bits per heavy atom. The van der Waals surface area contributed by atoms with Gasteiger partial charge in [-0.2, -0.15) is 0 Å². The Labute approximate surface area is 157 Å². The van der Waals surface area contributed by atoms with Gasteiger partial charge in [0.2, 0.25) is 0 Å². The Hall–Kier alpha value is -1.80. The molecule has 136 valence electrons. The Kier molecular flexibility index (Phi) is 4.46. The van der Waals surface area contributed by atoms with Gasteiger partial charge in [0.25, 0.3) is 0 Å². The van der Waals surface area contributed by atoms with E-state index in [1.54, 1.807) is 11.1 Å². The fraction of sp³-hybridized carbons (Fsp3) is 0.500. The molecule has 26 heavy (non-hydrogen) atoms. The smallest absolute Gasteiger partial charge is 0.0369 e. The van der Waals surface area contributed by atoms with E-state index in [1.165, 1.54) is 76.0 Å². The van der Waals surface area contributed by atoms with Gasteiger partial charge >= 0.3 is 0 Å². The third-order valence-corrected chi connectivity index (χ3v) is 6.83. The fourth-order valence-electron chi connectivity index (χ4n) is 5.26. The minimum atomic E-state index is 0.643.